The van der Waals surface area contributed by atoms with Crippen LogP contribution < -0.4 is 5.32 Å². The standard InChI is InChI=1S/C14H21FN2/c1-14(2)8-3-4-11(7-9-14)17-12-5-6-13(15)16-10-12/h5-6,10-11,17H,3-4,7-9H2,1-2H3. The van der Waals surface area contributed by atoms with E-state index in [1.54, 1.807) is 12.3 Å². The Labute approximate surface area is 103 Å². The van der Waals surface area contributed by atoms with Crippen LogP contribution >= 0.6 is 0 Å². The van der Waals surface area contributed by atoms with Gasteiger partial charge in [-0.25, -0.2) is 4.98 Å². The van der Waals surface area contributed by atoms with E-state index in [2.05, 4.69) is 24.1 Å². The summed E-state index contributed by atoms with van der Waals surface area (Å²) in [5.41, 5.74) is 1.40. The van der Waals surface area contributed by atoms with Gasteiger partial charge in [-0.3, -0.25) is 0 Å². The lowest BCUT2D eigenvalue weighted by Gasteiger charge is -2.22. The number of anilines is 1. The minimum Gasteiger partial charge on any atom is -0.381 e. The average molecular weight is 236 g/mol. The first-order valence-corrected chi connectivity index (χ1v) is 6.43. The molecule has 0 bridgehead atoms. The molecular formula is C14H21FN2. The van der Waals surface area contributed by atoms with Crippen LogP contribution in [0.15, 0.2) is 18.3 Å². The van der Waals surface area contributed by atoms with Crippen molar-refractivity contribution < 1.29 is 4.39 Å². The van der Waals surface area contributed by atoms with Gasteiger partial charge in [-0.15, -0.1) is 0 Å². The van der Waals surface area contributed by atoms with Crippen LogP contribution in [0.1, 0.15) is 46.0 Å². The fourth-order valence-electron chi connectivity index (χ4n) is 2.50. The molecule has 1 aromatic rings. The minimum atomic E-state index is -0.419. The second-order valence-electron chi connectivity index (χ2n) is 5.81. The maximum atomic E-state index is 12.7. The molecule has 1 unspecified atom stereocenters. The number of aromatic nitrogens is 1. The third kappa shape index (κ3) is 3.69. The normalized spacial score (nSPS) is 24.1. The number of hydrogen-bond acceptors (Lipinski definition) is 2. The summed E-state index contributed by atoms with van der Waals surface area (Å²) >= 11 is 0. The van der Waals surface area contributed by atoms with Gasteiger partial charge in [-0.1, -0.05) is 20.3 Å². The number of pyridine rings is 1. The van der Waals surface area contributed by atoms with Crippen LogP contribution in [0.2, 0.25) is 0 Å². The molecule has 1 aliphatic carbocycles. The Morgan fingerprint density at radius 3 is 2.82 bits per heavy atom. The van der Waals surface area contributed by atoms with Crippen molar-refractivity contribution in [2.75, 3.05) is 5.32 Å². The topological polar surface area (TPSA) is 24.9 Å². The monoisotopic (exact) mass is 236 g/mol. The Hall–Kier alpha value is -1.12. The lowest BCUT2D eigenvalue weighted by molar-refractivity contribution is 0.313. The molecule has 1 atom stereocenters. The van der Waals surface area contributed by atoms with Crippen molar-refractivity contribution in [2.24, 2.45) is 5.41 Å². The van der Waals surface area contributed by atoms with E-state index in [1.165, 1.54) is 38.2 Å². The van der Waals surface area contributed by atoms with Crippen LogP contribution in [0.4, 0.5) is 10.1 Å². The molecule has 2 nitrogen and oxygen atoms in total. The smallest absolute Gasteiger partial charge is 0.212 e. The van der Waals surface area contributed by atoms with Gasteiger partial charge in [0, 0.05) is 6.04 Å². The molecular weight excluding hydrogens is 215 g/mol. The van der Waals surface area contributed by atoms with Crippen molar-refractivity contribution in [3.63, 3.8) is 0 Å². The number of hydrogen-bond donors (Lipinski definition) is 1. The van der Waals surface area contributed by atoms with E-state index < -0.39 is 5.95 Å². The van der Waals surface area contributed by atoms with Crippen LogP contribution in [0, 0.1) is 11.4 Å². The zero-order chi connectivity index (χ0) is 12.3. The van der Waals surface area contributed by atoms with Crippen LogP contribution in [-0.4, -0.2) is 11.0 Å². The van der Waals surface area contributed by atoms with E-state index in [1.807, 2.05) is 0 Å². The van der Waals surface area contributed by atoms with Crippen LogP contribution in [0.25, 0.3) is 0 Å². The number of halogens is 1. The Balaban J connectivity index is 1.93. The molecule has 1 saturated carbocycles. The molecule has 1 aliphatic rings. The van der Waals surface area contributed by atoms with Crippen LogP contribution in [0.5, 0.6) is 0 Å². The van der Waals surface area contributed by atoms with E-state index in [-0.39, 0.29) is 0 Å². The summed E-state index contributed by atoms with van der Waals surface area (Å²) in [6.45, 7) is 4.68. The predicted molar refractivity (Wildman–Crippen MR) is 68.5 cm³/mol. The number of rotatable bonds is 2. The SMILES string of the molecule is CC1(C)CCCC(Nc2ccc(F)nc2)CC1. The Morgan fingerprint density at radius 2 is 2.12 bits per heavy atom. The summed E-state index contributed by atoms with van der Waals surface area (Å²) in [5, 5.41) is 3.46. The van der Waals surface area contributed by atoms with Crippen molar-refractivity contribution in [2.45, 2.75) is 52.0 Å². The molecule has 3 heteroatoms. The fourth-order valence-corrected chi connectivity index (χ4v) is 2.50. The molecule has 0 aromatic carbocycles. The molecule has 2 rings (SSSR count). The quantitative estimate of drug-likeness (QED) is 0.620. The molecule has 0 radical (unpaired) electrons. The zero-order valence-corrected chi connectivity index (χ0v) is 10.7. The summed E-state index contributed by atoms with van der Waals surface area (Å²) in [7, 11) is 0. The number of nitrogens with zero attached hydrogens (tertiary/aromatic N) is 1. The maximum absolute atomic E-state index is 12.7. The molecule has 0 spiro atoms. The highest BCUT2D eigenvalue weighted by Gasteiger charge is 2.24. The zero-order valence-electron chi connectivity index (χ0n) is 10.7. The predicted octanol–water partition coefficient (Wildman–Crippen LogP) is 3.99. The first kappa shape index (κ1) is 12.3. The molecule has 0 aliphatic heterocycles. The fraction of sp³-hybridized carbons (Fsp3) is 0.643. The lowest BCUT2D eigenvalue weighted by atomic mass is 9.85. The highest BCUT2D eigenvalue weighted by molar-refractivity contribution is 5.40. The van der Waals surface area contributed by atoms with Crippen molar-refractivity contribution >= 4 is 5.69 Å². The van der Waals surface area contributed by atoms with Crippen LogP contribution in [-0.2, 0) is 0 Å². The summed E-state index contributed by atoms with van der Waals surface area (Å²) < 4.78 is 12.7. The first-order valence-electron chi connectivity index (χ1n) is 6.43. The first-order chi connectivity index (χ1) is 8.05. The minimum absolute atomic E-state index is 0.419. The Kier molecular flexibility index (Phi) is 3.65. The summed E-state index contributed by atoms with van der Waals surface area (Å²) in [4.78, 5) is 3.67. The average Bonchev–Trinajstić information content (AvgIpc) is 2.44. The van der Waals surface area contributed by atoms with E-state index in [9.17, 15) is 4.39 Å². The van der Waals surface area contributed by atoms with E-state index in [0.29, 0.717) is 11.5 Å². The van der Waals surface area contributed by atoms with Gasteiger partial charge in [0.1, 0.15) is 0 Å². The largest absolute Gasteiger partial charge is 0.381 e. The molecule has 17 heavy (non-hydrogen) atoms. The Bertz CT molecular complexity index is 359. The van der Waals surface area contributed by atoms with E-state index in [0.717, 1.165) is 5.69 Å². The third-order valence-corrected chi connectivity index (χ3v) is 3.67. The number of nitrogens with one attached hydrogen (secondary N) is 1. The van der Waals surface area contributed by atoms with Gasteiger partial charge in [-0.05, 0) is 43.2 Å². The lowest BCUT2D eigenvalue weighted by Crippen LogP contribution is -2.19. The van der Waals surface area contributed by atoms with Crippen molar-refractivity contribution in [3.8, 4) is 0 Å². The molecule has 1 N–H and O–H groups in total. The third-order valence-electron chi connectivity index (χ3n) is 3.67. The maximum Gasteiger partial charge on any atom is 0.212 e. The second-order valence-corrected chi connectivity index (χ2v) is 5.81. The highest BCUT2D eigenvalue weighted by atomic mass is 19.1. The second kappa shape index (κ2) is 5.03. The van der Waals surface area contributed by atoms with E-state index >= 15 is 0 Å². The van der Waals surface area contributed by atoms with Crippen LogP contribution in [0.3, 0.4) is 0 Å². The van der Waals surface area contributed by atoms with Crippen molar-refractivity contribution in [3.05, 3.63) is 24.3 Å². The molecule has 1 aromatic heterocycles. The highest BCUT2D eigenvalue weighted by Crippen LogP contribution is 2.34. The molecule has 1 fully saturated rings. The van der Waals surface area contributed by atoms with Gasteiger partial charge in [0.2, 0.25) is 5.95 Å². The van der Waals surface area contributed by atoms with Gasteiger partial charge < -0.3 is 5.32 Å². The van der Waals surface area contributed by atoms with Gasteiger partial charge in [0.25, 0.3) is 0 Å². The molecule has 94 valence electrons. The summed E-state index contributed by atoms with van der Waals surface area (Å²) in [5.74, 6) is -0.419. The summed E-state index contributed by atoms with van der Waals surface area (Å²) in [6.07, 6.45) is 7.77. The summed E-state index contributed by atoms with van der Waals surface area (Å²) in [6, 6.07) is 3.67. The van der Waals surface area contributed by atoms with Gasteiger partial charge >= 0.3 is 0 Å². The molecule has 0 saturated heterocycles. The molecule has 0 amide bonds. The van der Waals surface area contributed by atoms with Gasteiger partial charge in [-0.2, -0.15) is 4.39 Å². The van der Waals surface area contributed by atoms with Crippen molar-refractivity contribution in [1.29, 1.82) is 0 Å². The van der Waals surface area contributed by atoms with Crippen molar-refractivity contribution in [1.82, 2.24) is 4.98 Å². The van der Waals surface area contributed by atoms with Gasteiger partial charge in [0.05, 0.1) is 11.9 Å². The van der Waals surface area contributed by atoms with Gasteiger partial charge in [0.15, 0.2) is 0 Å². The Morgan fingerprint density at radius 1 is 1.29 bits per heavy atom. The van der Waals surface area contributed by atoms with E-state index in [4.69, 9.17) is 0 Å². The molecule has 1 heterocycles.